The molecule has 0 bridgehead atoms. The smallest absolute Gasteiger partial charge is 0.326 e. The van der Waals surface area contributed by atoms with E-state index in [0.29, 0.717) is 5.56 Å². The maximum absolute atomic E-state index is 12.0. The number of nitro groups is 1. The molecule has 0 aliphatic rings. The fraction of sp³-hybridized carbons (Fsp3) is 0.231. The van der Waals surface area contributed by atoms with Gasteiger partial charge in [0.05, 0.1) is 4.92 Å². The van der Waals surface area contributed by atoms with Gasteiger partial charge in [-0.1, -0.05) is 6.08 Å². The van der Waals surface area contributed by atoms with Gasteiger partial charge in [0, 0.05) is 17.7 Å². The van der Waals surface area contributed by atoms with Crippen LogP contribution in [0.2, 0.25) is 0 Å². The van der Waals surface area contributed by atoms with E-state index in [1.54, 1.807) is 6.92 Å². The number of carbonyl (C=O) groups is 2. The molecule has 0 aliphatic carbocycles. The van der Waals surface area contributed by atoms with Gasteiger partial charge in [0.1, 0.15) is 6.04 Å². The lowest BCUT2D eigenvalue weighted by Gasteiger charge is -2.13. The van der Waals surface area contributed by atoms with E-state index in [0.717, 1.165) is 0 Å². The number of non-ortho nitro benzene ring substituents is 1. The van der Waals surface area contributed by atoms with Crippen LogP contribution in [0.4, 0.5) is 5.69 Å². The predicted octanol–water partition coefficient (Wildman–Crippen LogP) is 1.66. The van der Waals surface area contributed by atoms with Gasteiger partial charge >= 0.3 is 5.97 Å². The second-order valence-electron chi connectivity index (χ2n) is 4.14. The van der Waals surface area contributed by atoms with Crippen molar-refractivity contribution in [1.82, 2.24) is 5.32 Å². The van der Waals surface area contributed by atoms with Gasteiger partial charge in [0.25, 0.3) is 11.6 Å². The molecule has 1 amide bonds. The number of aryl methyl sites for hydroxylation is 1. The Labute approximate surface area is 115 Å². The minimum absolute atomic E-state index is 0.0904. The summed E-state index contributed by atoms with van der Waals surface area (Å²) in [6.45, 7) is 4.97. The summed E-state index contributed by atoms with van der Waals surface area (Å²) in [4.78, 5) is 32.9. The third-order valence-electron chi connectivity index (χ3n) is 2.67. The molecular weight excluding hydrogens is 264 g/mol. The Balaban J connectivity index is 2.94. The monoisotopic (exact) mass is 278 g/mol. The van der Waals surface area contributed by atoms with Gasteiger partial charge < -0.3 is 10.4 Å². The largest absolute Gasteiger partial charge is 0.480 e. The molecular formula is C13H14N2O5. The minimum Gasteiger partial charge on any atom is -0.480 e. The summed E-state index contributed by atoms with van der Waals surface area (Å²) in [6.07, 6.45) is 1.48. The molecule has 0 aromatic heterocycles. The number of rotatable bonds is 6. The fourth-order valence-electron chi connectivity index (χ4n) is 1.64. The van der Waals surface area contributed by atoms with Crippen molar-refractivity contribution in [2.75, 3.05) is 0 Å². The first kappa shape index (κ1) is 15.4. The SMILES string of the molecule is C=CCC(NC(=O)c1ccc([N+](=O)[O-])cc1C)C(=O)O. The van der Waals surface area contributed by atoms with Crippen molar-refractivity contribution in [2.45, 2.75) is 19.4 Å². The van der Waals surface area contributed by atoms with E-state index in [-0.39, 0.29) is 17.7 Å². The highest BCUT2D eigenvalue weighted by Gasteiger charge is 2.21. The van der Waals surface area contributed by atoms with Gasteiger partial charge in [0.2, 0.25) is 0 Å². The van der Waals surface area contributed by atoms with Gasteiger partial charge in [0.15, 0.2) is 0 Å². The molecule has 0 aliphatic heterocycles. The molecule has 1 unspecified atom stereocenters. The third kappa shape index (κ3) is 3.64. The Morgan fingerprint density at radius 1 is 1.55 bits per heavy atom. The predicted molar refractivity (Wildman–Crippen MR) is 71.5 cm³/mol. The highest BCUT2D eigenvalue weighted by Crippen LogP contribution is 2.17. The van der Waals surface area contributed by atoms with Crippen LogP contribution in [0.5, 0.6) is 0 Å². The Morgan fingerprint density at radius 2 is 2.20 bits per heavy atom. The summed E-state index contributed by atoms with van der Waals surface area (Å²) in [5.41, 5.74) is 0.477. The molecule has 2 N–H and O–H groups in total. The highest BCUT2D eigenvalue weighted by atomic mass is 16.6. The lowest BCUT2D eigenvalue weighted by Crippen LogP contribution is -2.40. The first-order valence-electron chi connectivity index (χ1n) is 5.76. The molecule has 7 heteroatoms. The summed E-state index contributed by atoms with van der Waals surface area (Å²) in [7, 11) is 0. The van der Waals surface area contributed by atoms with Gasteiger partial charge in [-0.25, -0.2) is 4.79 Å². The standard InChI is InChI=1S/C13H14N2O5/c1-3-4-11(13(17)18)14-12(16)10-6-5-9(15(19)20)7-8(10)2/h3,5-7,11H,1,4H2,2H3,(H,14,16)(H,17,18). The minimum atomic E-state index is -1.17. The van der Waals surface area contributed by atoms with Crippen molar-refractivity contribution >= 4 is 17.6 Å². The maximum atomic E-state index is 12.0. The van der Waals surface area contributed by atoms with Crippen LogP contribution in [0.25, 0.3) is 0 Å². The molecule has 1 aromatic rings. The number of hydrogen-bond acceptors (Lipinski definition) is 4. The molecule has 1 aromatic carbocycles. The highest BCUT2D eigenvalue weighted by molar-refractivity contribution is 5.98. The molecule has 20 heavy (non-hydrogen) atoms. The number of carboxylic acids is 1. The van der Waals surface area contributed by atoms with E-state index in [9.17, 15) is 19.7 Å². The molecule has 7 nitrogen and oxygen atoms in total. The lowest BCUT2D eigenvalue weighted by atomic mass is 10.1. The van der Waals surface area contributed by atoms with Crippen LogP contribution in [-0.4, -0.2) is 27.9 Å². The average Bonchev–Trinajstić information content (AvgIpc) is 2.37. The Bertz CT molecular complexity index is 568. The normalized spacial score (nSPS) is 11.4. The van der Waals surface area contributed by atoms with Crippen LogP contribution in [0.1, 0.15) is 22.3 Å². The van der Waals surface area contributed by atoms with Crippen molar-refractivity contribution in [3.63, 3.8) is 0 Å². The van der Waals surface area contributed by atoms with Crippen molar-refractivity contribution in [3.8, 4) is 0 Å². The summed E-state index contributed by atoms with van der Waals surface area (Å²) < 4.78 is 0. The Hall–Kier alpha value is -2.70. The maximum Gasteiger partial charge on any atom is 0.326 e. The van der Waals surface area contributed by atoms with Gasteiger partial charge in [-0.3, -0.25) is 14.9 Å². The van der Waals surface area contributed by atoms with Gasteiger partial charge in [-0.15, -0.1) is 6.58 Å². The number of amides is 1. The molecule has 0 fully saturated rings. The number of hydrogen-bond donors (Lipinski definition) is 2. The number of benzene rings is 1. The van der Waals surface area contributed by atoms with Crippen LogP contribution in [0.15, 0.2) is 30.9 Å². The molecule has 0 saturated heterocycles. The third-order valence-corrected chi connectivity index (χ3v) is 2.67. The van der Waals surface area contributed by atoms with Gasteiger partial charge in [-0.2, -0.15) is 0 Å². The van der Waals surface area contributed by atoms with E-state index in [4.69, 9.17) is 5.11 Å². The second-order valence-corrected chi connectivity index (χ2v) is 4.14. The molecule has 1 atom stereocenters. The quantitative estimate of drug-likeness (QED) is 0.467. The van der Waals surface area contributed by atoms with E-state index >= 15 is 0 Å². The number of carbonyl (C=O) groups excluding carboxylic acids is 1. The number of nitrogens with zero attached hydrogens (tertiary/aromatic N) is 1. The number of nitro benzene ring substituents is 1. The average molecular weight is 278 g/mol. The summed E-state index contributed by atoms with van der Waals surface area (Å²) >= 11 is 0. The lowest BCUT2D eigenvalue weighted by molar-refractivity contribution is -0.384. The van der Waals surface area contributed by atoms with Crippen molar-refractivity contribution < 1.29 is 19.6 Å². The Morgan fingerprint density at radius 3 is 2.65 bits per heavy atom. The second kappa shape index (κ2) is 6.46. The van der Waals surface area contributed by atoms with Crippen molar-refractivity contribution in [2.24, 2.45) is 0 Å². The van der Waals surface area contributed by atoms with Gasteiger partial charge in [-0.05, 0) is 25.0 Å². The number of aliphatic carboxylic acids is 1. The fourth-order valence-corrected chi connectivity index (χ4v) is 1.64. The zero-order valence-electron chi connectivity index (χ0n) is 10.8. The van der Waals surface area contributed by atoms with Crippen molar-refractivity contribution in [3.05, 3.63) is 52.1 Å². The van der Waals surface area contributed by atoms with Crippen LogP contribution in [0, 0.1) is 17.0 Å². The van der Waals surface area contributed by atoms with Crippen LogP contribution >= 0.6 is 0 Å². The topological polar surface area (TPSA) is 110 Å². The zero-order valence-corrected chi connectivity index (χ0v) is 10.8. The molecule has 0 radical (unpaired) electrons. The van der Waals surface area contributed by atoms with E-state index in [1.807, 2.05) is 0 Å². The Kier molecular flexibility index (Phi) is 4.96. The molecule has 0 heterocycles. The molecule has 106 valence electrons. The molecule has 0 spiro atoms. The van der Waals surface area contributed by atoms with Crippen LogP contribution in [-0.2, 0) is 4.79 Å². The first-order chi connectivity index (χ1) is 9.36. The first-order valence-corrected chi connectivity index (χ1v) is 5.76. The summed E-state index contributed by atoms with van der Waals surface area (Å²) in [5, 5.41) is 21.9. The van der Waals surface area contributed by atoms with Crippen LogP contribution < -0.4 is 5.32 Å². The van der Waals surface area contributed by atoms with E-state index < -0.39 is 22.8 Å². The molecule has 0 saturated carbocycles. The zero-order chi connectivity index (χ0) is 15.3. The number of nitrogens with one attached hydrogen (secondary N) is 1. The summed E-state index contributed by atoms with van der Waals surface area (Å²) in [6, 6.07) is 2.69. The summed E-state index contributed by atoms with van der Waals surface area (Å²) in [5.74, 6) is -1.76. The number of carboxylic acid groups (broad SMARTS) is 1. The van der Waals surface area contributed by atoms with E-state index in [2.05, 4.69) is 11.9 Å². The van der Waals surface area contributed by atoms with Crippen molar-refractivity contribution in [1.29, 1.82) is 0 Å². The molecule has 1 rings (SSSR count). The van der Waals surface area contributed by atoms with E-state index in [1.165, 1.54) is 24.3 Å². The van der Waals surface area contributed by atoms with Crippen LogP contribution in [0.3, 0.4) is 0 Å².